The maximum Gasteiger partial charge on any atom is 0.0717 e. The quantitative estimate of drug-likeness (QED) is 0.617. The van der Waals surface area contributed by atoms with Crippen molar-refractivity contribution < 1.29 is 0 Å². The molecule has 1 saturated heterocycles. The largest absolute Gasteiger partial charge is 0.143 e. The molecule has 0 aromatic carbocycles. The normalized spacial score (nSPS) is 46.2. The summed E-state index contributed by atoms with van der Waals surface area (Å²) in [5.74, 6) is 3.80. The van der Waals surface area contributed by atoms with E-state index in [1.807, 2.05) is 0 Å². The lowest BCUT2D eigenvalue weighted by Crippen LogP contribution is -2.50. The summed E-state index contributed by atoms with van der Waals surface area (Å²) in [4.78, 5) is 0. The third-order valence-electron chi connectivity index (χ3n) is 5.30. The van der Waals surface area contributed by atoms with Crippen LogP contribution in [0.5, 0.6) is 0 Å². The Morgan fingerprint density at radius 3 is 2.27 bits per heavy atom. The summed E-state index contributed by atoms with van der Waals surface area (Å²) in [5, 5.41) is 0. The fourth-order valence-corrected chi connectivity index (χ4v) is 8.77. The molecule has 3 aliphatic rings. The molecule has 0 aromatic rings. The van der Waals surface area contributed by atoms with E-state index in [1.165, 1.54) is 37.2 Å². The minimum Gasteiger partial charge on any atom is -0.143 e. The molecule has 1 heterocycles. The van der Waals surface area contributed by atoms with Gasteiger partial charge in [-0.2, -0.15) is 0 Å². The van der Waals surface area contributed by atoms with Gasteiger partial charge in [0.25, 0.3) is 0 Å². The van der Waals surface area contributed by atoms with Crippen molar-refractivity contribution in [1.29, 1.82) is 0 Å². The zero-order valence-electron chi connectivity index (χ0n) is 10.1. The van der Waals surface area contributed by atoms with Crippen LogP contribution in [0.15, 0.2) is 0 Å². The Morgan fingerprint density at radius 2 is 1.73 bits per heavy atom. The first-order valence-corrected chi connectivity index (χ1v) is 8.27. The average Bonchev–Trinajstić information content (AvgIpc) is 2.68. The smallest absolute Gasteiger partial charge is 0.0717 e. The molecule has 0 nitrogen and oxygen atoms in total. The second-order valence-corrected chi connectivity index (χ2v) is 9.27. The fourth-order valence-electron chi connectivity index (χ4n) is 4.46. The Labute approximate surface area is 102 Å². The van der Waals surface area contributed by atoms with E-state index >= 15 is 0 Å². The molecule has 3 fully saturated rings. The summed E-state index contributed by atoms with van der Waals surface area (Å²) in [6.07, 6.45) is 5.90. The second kappa shape index (κ2) is 3.13. The van der Waals surface area contributed by atoms with Crippen molar-refractivity contribution in [2.45, 2.75) is 50.5 Å². The summed E-state index contributed by atoms with van der Waals surface area (Å²) in [5.41, 5.74) is 1.20. The van der Waals surface area contributed by atoms with Crippen LogP contribution in [0.4, 0.5) is 0 Å². The molecule has 0 N–H and O–H groups in total. The minimum absolute atomic E-state index is 0.557. The molecule has 2 unspecified atom stereocenters. The molecular formula is C13H22S2. The highest BCUT2D eigenvalue weighted by Gasteiger charge is 2.69. The Hall–Kier alpha value is 0.700. The van der Waals surface area contributed by atoms with Crippen molar-refractivity contribution in [2.75, 3.05) is 11.5 Å². The Bertz CT molecular complexity index is 272. The molecule has 0 radical (unpaired) electrons. The van der Waals surface area contributed by atoms with Gasteiger partial charge in [-0.15, -0.1) is 23.5 Å². The van der Waals surface area contributed by atoms with E-state index in [2.05, 4.69) is 44.3 Å². The van der Waals surface area contributed by atoms with Crippen molar-refractivity contribution in [2.24, 2.45) is 16.7 Å². The fraction of sp³-hybridized carbons (Fsp3) is 1.00. The van der Waals surface area contributed by atoms with Crippen LogP contribution >= 0.6 is 23.5 Å². The molecule has 15 heavy (non-hydrogen) atoms. The van der Waals surface area contributed by atoms with Crippen molar-refractivity contribution in [3.05, 3.63) is 0 Å². The van der Waals surface area contributed by atoms with Crippen LogP contribution in [0.1, 0.15) is 46.5 Å². The zero-order valence-corrected chi connectivity index (χ0v) is 11.8. The summed E-state index contributed by atoms with van der Waals surface area (Å²) >= 11 is 4.61. The lowest BCUT2D eigenvalue weighted by atomic mass is 9.71. The van der Waals surface area contributed by atoms with Crippen LogP contribution < -0.4 is 0 Å². The first-order chi connectivity index (χ1) is 7.02. The minimum atomic E-state index is 0.557. The van der Waals surface area contributed by atoms with Gasteiger partial charge in [0.1, 0.15) is 0 Å². The van der Waals surface area contributed by atoms with E-state index in [0.717, 1.165) is 5.92 Å². The number of rotatable bonds is 0. The highest BCUT2D eigenvalue weighted by atomic mass is 32.2. The van der Waals surface area contributed by atoms with Crippen LogP contribution in [-0.2, 0) is 0 Å². The topological polar surface area (TPSA) is 0 Å². The molecule has 2 heteroatoms. The van der Waals surface area contributed by atoms with Gasteiger partial charge in [0.15, 0.2) is 0 Å². The molecule has 0 aromatic heterocycles. The van der Waals surface area contributed by atoms with E-state index in [9.17, 15) is 0 Å². The van der Waals surface area contributed by atoms with E-state index in [1.54, 1.807) is 0 Å². The average molecular weight is 242 g/mol. The Kier molecular flexibility index (Phi) is 2.26. The lowest BCUT2D eigenvalue weighted by Gasteiger charge is -2.55. The third kappa shape index (κ3) is 1.14. The Balaban J connectivity index is 2.04. The summed E-state index contributed by atoms with van der Waals surface area (Å²) in [6, 6.07) is 0. The molecule has 2 aliphatic carbocycles. The Morgan fingerprint density at radius 1 is 1.07 bits per heavy atom. The summed E-state index contributed by atoms with van der Waals surface area (Å²) in [7, 11) is 0. The summed E-state index contributed by atoms with van der Waals surface area (Å²) in [6.45, 7) is 7.67. The van der Waals surface area contributed by atoms with Crippen LogP contribution in [0.3, 0.4) is 0 Å². The SMILES string of the molecule is CC12CCC(C1)C(C)(C)C21SCCCS1. The molecule has 0 amide bonds. The van der Waals surface area contributed by atoms with Gasteiger partial charge in [-0.1, -0.05) is 20.8 Å². The number of thioether (sulfide) groups is 2. The van der Waals surface area contributed by atoms with Gasteiger partial charge in [0, 0.05) is 0 Å². The molecule has 2 atom stereocenters. The molecule has 2 bridgehead atoms. The number of fused-ring (bicyclic) bond motifs is 3. The first-order valence-electron chi connectivity index (χ1n) is 6.30. The lowest BCUT2D eigenvalue weighted by molar-refractivity contribution is 0.172. The van der Waals surface area contributed by atoms with E-state index in [-0.39, 0.29) is 0 Å². The molecule has 86 valence electrons. The van der Waals surface area contributed by atoms with E-state index in [0.29, 0.717) is 14.9 Å². The van der Waals surface area contributed by atoms with Crippen LogP contribution in [-0.4, -0.2) is 15.6 Å². The monoisotopic (exact) mass is 242 g/mol. The third-order valence-corrected chi connectivity index (χ3v) is 9.85. The molecule has 1 spiro atoms. The van der Waals surface area contributed by atoms with Gasteiger partial charge in [-0.25, -0.2) is 0 Å². The molecule has 3 rings (SSSR count). The van der Waals surface area contributed by atoms with Gasteiger partial charge in [0.2, 0.25) is 0 Å². The maximum atomic E-state index is 2.58. The van der Waals surface area contributed by atoms with Crippen LogP contribution in [0.2, 0.25) is 0 Å². The van der Waals surface area contributed by atoms with Gasteiger partial charge in [-0.05, 0) is 53.9 Å². The predicted molar refractivity (Wildman–Crippen MR) is 71.5 cm³/mol. The standard InChI is InChI=1S/C13H22S2/c1-11(2)10-5-6-12(3,9-10)13(11)14-7-4-8-15-13/h10H,4-9H2,1-3H3. The van der Waals surface area contributed by atoms with Crippen molar-refractivity contribution in [3.63, 3.8) is 0 Å². The highest BCUT2D eigenvalue weighted by Crippen LogP contribution is 2.77. The predicted octanol–water partition coefficient (Wildman–Crippen LogP) is 4.40. The van der Waals surface area contributed by atoms with Crippen molar-refractivity contribution in [3.8, 4) is 0 Å². The van der Waals surface area contributed by atoms with Gasteiger partial charge >= 0.3 is 0 Å². The zero-order chi connectivity index (χ0) is 10.7. The van der Waals surface area contributed by atoms with Crippen molar-refractivity contribution >= 4 is 23.5 Å². The van der Waals surface area contributed by atoms with Crippen LogP contribution in [0.25, 0.3) is 0 Å². The number of hydrogen-bond donors (Lipinski definition) is 0. The summed E-state index contributed by atoms with van der Waals surface area (Å²) < 4.78 is 0.557. The van der Waals surface area contributed by atoms with Gasteiger partial charge < -0.3 is 0 Å². The number of hydrogen-bond acceptors (Lipinski definition) is 2. The second-order valence-electron chi connectivity index (χ2n) is 6.39. The van der Waals surface area contributed by atoms with E-state index in [4.69, 9.17) is 0 Å². The van der Waals surface area contributed by atoms with Crippen molar-refractivity contribution in [1.82, 2.24) is 0 Å². The van der Waals surface area contributed by atoms with Gasteiger partial charge in [0.05, 0.1) is 4.08 Å². The maximum absolute atomic E-state index is 2.58. The molecule has 2 saturated carbocycles. The van der Waals surface area contributed by atoms with Crippen LogP contribution in [0, 0.1) is 16.7 Å². The molecule has 1 aliphatic heterocycles. The first kappa shape index (κ1) is 10.8. The van der Waals surface area contributed by atoms with E-state index < -0.39 is 0 Å². The van der Waals surface area contributed by atoms with Gasteiger partial charge in [-0.3, -0.25) is 0 Å². The molecular weight excluding hydrogens is 220 g/mol. The highest BCUT2D eigenvalue weighted by molar-refractivity contribution is 8.18.